The van der Waals surface area contributed by atoms with Crippen molar-refractivity contribution in [1.82, 2.24) is 30.0 Å². The Morgan fingerprint density at radius 1 is 1.19 bits per heavy atom. The minimum absolute atomic E-state index is 0.0984. The molecule has 4 heterocycles. The number of rotatable bonds is 5. The summed E-state index contributed by atoms with van der Waals surface area (Å²) in [5, 5.41) is 26.8. The van der Waals surface area contributed by atoms with Gasteiger partial charge in [0, 0.05) is 32.1 Å². The highest BCUT2D eigenvalue weighted by Gasteiger charge is 2.36. The van der Waals surface area contributed by atoms with Gasteiger partial charge < -0.3 is 24.1 Å². The van der Waals surface area contributed by atoms with Gasteiger partial charge in [0.05, 0.1) is 37.3 Å². The third-order valence-corrected chi connectivity index (χ3v) is 6.30. The molecule has 0 spiro atoms. The van der Waals surface area contributed by atoms with Gasteiger partial charge in [-0.2, -0.15) is 5.26 Å². The summed E-state index contributed by atoms with van der Waals surface area (Å²) in [4.78, 5) is 38.5. The second-order valence-electron chi connectivity index (χ2n) is 8.76. The van der Waals surface area contributed by atoms with Crippen LogP contribution in [0.2, 0.25) is 0 Å². The largest absolute Gasteiger partial charge is 0.465 e. The monoisotopic (exact) mass is 504 g/mol. The van der Waals surface area contributed by atoms with Gasteiger partial charge >= 0.3 is 12.2 Å². The quantitative estimate of drug-likeness (QED) is 0.543. The maximum Gasteiger partial charge on any atom is 0.410 e. The zero-order valence-electron chi connectivity index (χ0n) is 20.1. The van der Waals surface area contributed by atoms with Crippen LogP contribution in [-0.4, -0.2) is 72.9 Å². The molecule has 2 aliphatic rings. The number of ether oxygens (including phenoxy) is 1. The summed E-state index contributed by atoms with van der Waals surface area (Å²) < 4.78 is 11.0. The number of fused-ring (bicyclic) bond motifs is 1. The summed E-state index contributed by atoms with van der Waals surface area (Å²) in [6.45, 7) is 3.04. The van der Waals surface area contributed by atoms with Crippen molar-refractivity contribution >= 4 is 18.0 Å². The van der Waals surface area contributed by atoms with Crippen LogP contribution in [0.5, 0.6) is 0 Å². The van der Waals surface area contributed by atoms with Gasteiger partial charge in [-0.1, -0.05) is 30.3 Å². The van der Waals surface area contributed by atoms with Crippen LogP contribution in [0.15, 0.2) is 34.7 Å². The van der Waals surface area contributed by atoms with E-state index < -0.39 is 18.2 Å². The predicted molar refractivity (Wildman–Crippen MR) is 127 cm³/mol. The van der Waals surface area contributed by atoms with E-state index in [2.05, 4.69) is 26.2 Å². The number of hydrogen-bond acceptors (Lipinski definition) is 10. The minimum Gasteiger partial charge on any atom is -0.465 e. The van der Waals surface area contributed by atoms with Gasteiger partial charge in [0.1, 0.15) is 12.4 Å². The summed E-state index contributed by atoms with van der Waals surface area (Å²) in [7, 11) is 0. The van der Waals surface area contributed by atoms with Crippen molar-refractivity contribution in [2.75, 3.05) is 24.5 Å². The summed E-state index contributed by atoms with van der Waals surface area (Å²) in [6.07, 6.45) is -1.45. The zero-order chi connectivity index (χ0) is 25.9. The standard InChI is InChI=1S/C24H24N8O5/c1-15-28-29-22(37-15)20-26-19-13-31(23(33)34)12-18(19)21(27-20)30-9-10-32(17(11-30)7-8-25)24(35)36-14-16-5-3-2-4-6-16/h2-6,17H,7,9-14H2,1H3,(H,33,34). The number of amides is 2. The van der Waals surface area contributed by atoms with Crippen molar-refractivity contribution in [3.8, 4) is 17.8 Å². The van der Waals surface area contributed by atoms with Crippen LogP contribution in [0, 0.1) is 18.3 Å². The lowest BCUT2D eigenvalue weighted by atomic mass is 10.1. The van der Waals surface area contributed by atoms with Gasteiger partial charge in [-0.25, -0.2) is 19.6 Å². The Morgan fingerprint density at radius 3 is 2.70 bits per heavy atom. The van der Waals surface area contributed by atoms with Crippen LogP contribution in [0.25, 0.3) is 11.7 Å². The molecule has 1 unspecified atom stereocenters. The predicted octanol–water partition coefficient (Wildman–Crippen LogP) is 2.57. The molecule has 1 saturated heterocycles. The number of nitriles is 1. The van der Waals surface area contributed by atoms with Crippen molar-refractivity contribution in [2.24, 2.45) is 0 Å². The Hall–Kier alpha value is -4.73. The molecular formula is C24H24N8O5. The van der Waals surface area contributed by atoms with Gasteiger partial charge in [-0.3, -0.25) is 4.90 Å². The summed E-state index contributed by atoms with van der Waals surface area (Å²) in [6, 6.07) is 11.1. The van der Waals surface area contributed by atoms with E-state index in [0.717, 1.165) is 5.56 Å². The number of anilines is 1. The molecule has 1 fully saturated rings. The molecule has 37 heavy (non-hydrogen) atoms. The second-order valence-corrected chi connectivity index (χ2v) is 8.76. The van der Waals surface area contributed by atoms with E-state index in [4.69, 9.17) is 9.15 Å². The molecule has 3 aromatic rings. The highest BCUT2D eigenvalue weighted by atomic mass is 16.6. The Kier molecular flexibility index (Phi) is 6.55. The van der Waals surface area contributed by atoms with Gasteiger partial charge in [-0.05, 0) is 5.56 Å². The Labute approximate surface area is 211 Å². The zero-order valence-corrected chi connectivity index (χ0v) is 20.1. The molecule has 2 aliphatic heterocycles. The van der Waals surface area contributed by atoms with Gasteiger partial charge in [-0.15, -0.1) is 10.2 Å². The molecule has 190 valence electrons. The molecular weight excluding hydrogens is 480 g/mol. The van der Waals surface area contributed by atoms with Crippen LogP contribution >= 0.6 is 0 Å². The number of carbonyl (C=O) groups is 2. The first-order chi connectivity index (χ1) is 17.9. The molecule has 0 radical (unpaired) electrons. The van der Waals surface area contributed by atoms with E-state index in [1.54, 1.807) is 11.8 Å². The van der Waals surface area contributed by atoms with Crippen LogP contribution in [0.4, 0.5) is 15.4 Å². The molecule has 13 nitrogen and oxygen atoms in total. The fourth-order valence-electron chi connectivity index (χ4n) is 4.49. The highest BCUT2D eigenvalue weighted by molar-refractivity contribution is 5.70. The average Bonchev–Trinajstić information content (AvgIpc) is 3.54. The molecule has 1 N–H and O–H groups in total. The van der Waals surface area contributed by atoms with Crippen molar-refractivity contribution in [1.29, 1.82) is 5.26 Å². The third-order valence-electron chi connectivity index (χ3n) is 6.30. The lowest BCUT2D eigenvalue weighted by molar-refractivity contribution is 0.0767. The molecule has 5 rings (SSSR count). The molecule has 2 amide bonds. The summed E-state index contributed by atoms with van der Waals surface area (Å²) in [5.74, 6) is 1.21. The van der Waals surface area contributed by atoms with E-state index >= 15 is 0 Å². The Bertz CT molecular complexity index is 1350. The number of carboxylic acid groups (broad SMARTS) is 1. The van der Waals surface area contributed by atoms with Crippen LogP contribution in [-0.2, 0) is 24.4 Å². The summed E-state index contributed by atoms with van der Waals surface area (Å²) >= 11 is 0. The molecule has 13 heteroatoms. The van der Waals surface area contributed by atoms with E-state index in [0.29, 0.717) is 42.6 Å². The van der Waals surface area contributed by atoms with Crippen LogP contribution in [0.3, 0.4) is 0 Å². The van der Waals surface area contributed by atoms with E-state index in [-0.39, 0.29) is 37.8 Å². The Balaban J connectivity index is 1.39. The first-order valence-corrected chi connectivity index (χ1v) is 11.7. The molecule has 0 aliphatic carbocycles. The lowest BCUT2D eigenvalue weighted by Crippen LogP contribution is -2.55. The maximum atomic E-state index is 12.9. The van der Waals surface area contributed by atoms with E-state index in [1.165, 1.54) is 4.90 Å². The molecule has 1 aromatic carbocycles. The van der Waals surface area contributed by atoms with Crippen molar-refractivity contribution < 1.29 is 23.8 Å². The maximum absolute atomic E-state index is 12.9. The third kappa shape index (κ3) is 4.99. The number of aromatic nitrogens is 4. The Morgan fingerprint density at radius 2 is 2.00 bits per heavy atom. The first-order valence-electron chi connectivity index (χ1n) is 11.7. The van der Waals surface area contributed by atoms with Crippen molar-refractivity contribution in [2.45, 2.75) is 39.1 Å². The number of hydrogen-bond donors (Lipinski definition) is 1. The average molecular weight is 505 g/mol. The summed E-state index contributed by atoms with van der Waals surface area (Å²) in [5.41, 5.74) is 2.10. The first kappa shape index (κ1) is 24.0. The number of aryl methyl sites for hydroxylation is 1. The van der Waals surface area contributed by atoms with Crippen molar-refractivity contribution in [3.05, 3.63) is 53.0 Å². The van der Waals surface area contributed by atoms with E-state index in [9.17, 15) is 20.0 Å². The number of nitrogens with zero attached hydrogens (tertiary/aromatic N) is 8. The van der Waals surface area contributed by atoms with Crippen molar-refractivity contribution in [3.63, 3.8) is 0 Å². The molecule has 0 bridgehead atoms. The number of carbonyl (C=O) groups excluding carboxylic acids is 1. The van der Waals surface area contributed by atoms with Gasteiger partial charge in [0.25, 0.3) is 5.89 Å². The molecule has 2 aromatic heterocycles. The van der Waals surface area contributed by atoms with Gasteiger partial charge in [0.2, 0.25) is 11.7 Å². The normalized spacial score (nSPS) is 16.9. The smallest absolute Gasteiger partial charge is 0.410 e. The SMILES string of the molecule is Cc1nnc(-c2nc3c(c(N4CCN(C(=O)OCc5ccccc5)C(CC#N)C4)n2)CN(C(=O)O)C3)o1. The second kappa shape index (κ2) is 10.1. The van der Waals surface area contributed by atoms with Gasteiger partial charge in [0.15, 0.2) is 0 Å². The highest BCUT2D eigenvalue weighted by Crippen LogP contribution is 2.33. The van der Waals surface area contributed by atoms with E-state index in [1.807, 2.05) is 35.2 Å². The number of benzene rings is 1. The number of piperazine rings is 1. The van der Waals surface area contributed by atoms with Crippen LogP contribution < -0.4 is 4.90 Å². The minimum atomic E-state index is -1.06. The fraction of sp³-hybridized carbons (Fsp3) is 0.375. The molecule has 0 saturated carbocycles. The molecule has 1 atom stereocenters. The fourth-order valence-corrected chi connectivity index (χ4v) is 4.49. The topological polar surface area (TPSA) is 162 Å². The van der Waals surface area contributed by atoms with Crippen LogP contribution in [0.1, 0.15) is 29.1 Å². The lowest BCUT2D eigenvalue weighted by Gasteiger charge is -2.40.